The van der Waals surface area contributed by atoms with Gasteiger partial charge >= 0.3 is 0 Å². The van der Waals surface area contributed by atoms with Crippen LogP contribution in [-0.4, -0.2) is 39.3 Å². The number of tetrazole rings is 1. The third-order valence-corrected chi connectivity index (χ3v) is 5.98. The zero-order valence-electron chi connectivity index (χ0n) is 17.5. The summed E-state index contributed by atoms with van der Waals surface area (Å²) in [5.74, 6) is 1.87. The number of hydrogen-bond donors (Lipinski definition) is 1. The number of carbonyl (C=O) groups excluding carboxylic acids is 1. The Morgan fingerprint density at radius 3 is 2.58 bits per heavy atom. The van der Waals surface area contributed by atoms with Crippen LogP contribution in [0.1, 0.15) is 36.8 Å². The molecule has 0 saturated heterocycles. The van der Waals surface area contributed by atoms with E-state index in [9.17, 15) is 4.79 Å². The van der Waals surface area contributed by atoms with Gasteiger partial charge in [0, 0.05) is 5.56 Å². The Morgan fingerprint density at radius 1 is 1.06 bits per heavy atom. The molecule has 3 aromatic rings. The minimum atomic E-state index is -0.409. The van der Waals surface area contributed by atoms with E-state index in [1.165, 1.54) is 4.80 Å². The van der Waals surface area contributed by atoms with Crippen molar-refractivity contribution in [3.8, 4) is 22.9 Å². The van der Waals surface area contributed by atoms with Crippen molar-refractivity contribution in [2.75, 3.05) is 13.2 Å². The Kier molecular flexibility index (Phi) is 5.05. The molecule has 1 amide bonds. The molecule has 1 aliphatic carbocycles. The first kappa shape index (κ1) is 19.5. The zero-order chi connectivity index (χ0) is 21.3. The van der Waals surface area contributed by atoms with Crippen LogP contribution in [0, 0.1) is 6.92 Å². The number of aryl methyl sites for hydroxylation is 1. The molecular weight excluding hydrogens is 394 g/mol. The maximum Gasteiger partial charge on any atom is 0.244 e. The molecule has 2 heterocycles. The number of amides is 1. The Balaban J connectivity index is 1.32. The average Bonchev–Trinajstić information content (AvgIpc) is 3.44. The minimum Gasteiger partial charge on any atom is -0.486 e. The van der Waals surface area contributed by atoms with Crippen LogP contribution in [0.5, 0.6) is 11.5 Å². The van der Waals surface area contributed by atoms with Crippen LogP contribution < -0.4 is 14.8 Å². The average molecular weight is 419 g/mol. The molecule has 2 aromatic carbocycles. The first-order valence-electron chi connectivity index (χ1n) is 10.7. The summed E-state index contributed by atoms with van der Waals surface area (Å²) in [5, 5.41) is 15.8. The van der Waals surface area contributed by atoms with Crippen molar-refractivity contribution in [2.45, 2.75) is 44.7 Å². The lowest BCUT2D eigenvalue weighted by Gasteiger charge is -2.32. The van der Waals surface area contributed by atoms with Gasteiger partial charge in [0.2, 0.25) is 11.7 Å². The van der Waals surface area contributed by atoms with Gasteiger partial charge in [-0.05, 0) is 42.7 Å². The van der Waals surface area contributed by atoms with Gasteiger partial charge in [0.15, 0.2) is 11.5 Å². The maximum atomic E-state index is 12.9. The van der Waals surface area contributed by atoms with Gasteiger partial charge in [-0.1, -0.05) is 48.7 Å². The Hall–Kier alpha value is -3.42. The summed E-state index contributed by atoms with van der Waals surface area (Å²) in [7, 11) is 0. The van der Waals surface area contributed by atoms with E-state index in [0.29, 0.717) is 19.0 Å². The van der Waals surface area contributed by atoms with E-state index in [1.807, 2.05) is 49.4 Å². The highest BCUT2D eigenvalue weighted by molar-refractivity contribution is 5.77. The van der Waals surface area contributed by atoms with Gasteiger partial charge in [0.1, 0.15) is 19.8 Å². The number of fused-ring (bicyclic) bond motifs is 1. The molecule has 5 rings (SSSR count). The molecule has 1 saturated carbocycles. The Morgan fingerprint density at radius 2 is 1.81 bits per heavy atom. The van der Waals surface area contributed by atoms with E-state index in [-0.39, 0.29) is 12.5 Å². The second-order valence-electron chi connectivity index (χ2n) is 8.21. The third kappa shape index (κ3) is 3.97. The molecule has 0 bridgehead atoms. The molecule has 8 heteroatoms. The van der Waals surface area contributed by atoms with Gasteiger partial charge in [0.05, 0.1) is 5.54 Å². The number of nitrogens with one attached hydrogen (secondary N) is 1. The largest absolute Gasteiger partial charge is 0.486 e. The lowest BCUT2D eigenvalue weighted by Crippen LogP contribution is -2.45. The van der Waals surface area contributed by atoms with Crippen LogP contribution in [0.25, 0.3) is 11.4 Å². The fourth-order valence-electron chi connectivity index (χ4n) is 4.37. The summed E-state index contributed by atoms with van der Waals surface area (Å²) in [5.41, 5.74) is 2.68. The highest BCUT2D eigenvalue weighted by atomic mass is 16.6. The van der Waals surface area contributed by atoms with Crippen LogP contribution in [0.3, 0.4) is 0 Å². The van der Waals surface area contributed by atoms with E-state index < -0.39 is 5.54 Å². The van der Waals surface area contributed by atoms with Gasteiger partial charge in [0.25, 0.3) is 0 Å². The number of ether oxygens (including phenoxy) is 2. The molecule has 0 radical (unpaired) electrons. The molecule has 8 nitrogen and oxygen atoms in total. The lowest BCUT2D eigenvalue weighted by atomic mass is 9.87. The molecule has 0 atom stereocenters. The van der Waals surface area contributed by atoms with Crippen molar-refractivity contribution in [3.63, 3.8) is 0 Å². The summed E-state index contributed by atoms with van der Waals surface area (Å²) in [6.07, 6.45) is 3.90. The van der Waals surface area contributed by atoms with E-state index >= 15 is 0 Å². The number of rotatable bonds is 5. The molecule has 31 heavy (non-hydrogen) atoms. The van der Waals surface area contributed by atoms with Crippen LogP contribution in [0.15, 0.2) is 42.5 Å². The summed E-state index contributed by atoms with van der Waals surface area (Å²) in [6.45, 7) is 3.14. The molecule has 0 unspecified atom stereocenters. The van der Waals surface area contributed by atoms with E-state index in [4.69, 9.17) is 9.47 Å². The van der Waals surface area contributed by atoms with Crippen molar-refractivity contribution in [2.24, 2.45) is 0 Å². The number of nitrogens with zero attached hydrogens (tertiary/aromatic N) is 4. The number of carbonyl (C=O) groups is 1. The summed E-state index contributed by atoms with van der Waals surface area (Å²) >= 11 is 0. The van der Waals surface area contributed by atoms with Gasteiger partial charge in [-0.25, -0.2) is 0 Å². The quantitative estimate of drug-likeness (QED) is 0.684. The molecule has 0 spiro atoms. The van der Waals surface area contributed by atoms with E-state index in [0.717, 1.165) is 53.9 Å². The van der Waals surface area contributed by atoms with Crippen molar-refractivity contribution in [1.82, 2.24) is 25.5 Å². The fourth-order valence-corrected chi connectivity index (χ4v) is 4.37. The predicted octanol–water partition coefficient (Wildman–Crippen LogP) is 3.01. The Labute approximate surface area is 180 Å². The molecule has 1 fully saturated rings. The van der Waals surface area contributed by atoms with Gasteiger partial charge in [-0.3, -0.25) is 4.79 Å². The predicted molar refractivity (Wildman–Crippen MR) is 114 cm³/mol. The number of aromatic nitrogens is 4. The fraction of sp³-hybridized carbons (Fsp3) is 0.391. The van der Waals surface area contributed by atoms with Crippen molar-refractivity contribution in [1.29, 1.82) is 0 Å². The van der Waals surface area contributed by atoms with Crippen LogP contribution in [0.4, 0.5) is 0 Å². The summed E-state index contributed by atoms with van der Waals surface area (Å²) in [4.78, 5) is 14.3. The normalized spacial score (nSPS) is 16.8. The van der Waals surface area contributed by atoms with Crippen molar-refractivity contribution in [3.05, 3.63) is 53.6 Å². The summed E-state index contributed by atoms with van der Waals surface area (Å²) < 4.78 is 11.4. The van der Waals surface area contributed by atoms with Gasteiger partial charge in [-0.2, -0.15) is 4.80 Å². The SMILES string of the molecule is Cc1ccc(-c2nnn(CC(=O)NC3(c4ccc5c(c4)OCCO5)CCCC3)n2)cc1. The molecule has 2 aliphatic rings. The third-order valence-electron chi connectivity index (χ3n) is 5.98. The van der Waals surface area contributed by atoms with Crippen molar-refractivity contribution >= 4 is 5.91 Å². The van der Waals surface area contributed by atoms with Crippen molar-refractivity contribution < 1.29 is 14.3 Å². The first-order chi connectivity index (χ1) is 15.1. The van der Waals surface area contributed by atoms with Crippen LogP contribution in [0.2, 0.25) is 0 Å². The van der Waals surface area contributed by atoms with Crippen LogP contribution in [-0.2, 0) is 16.9 Å². The van der Waals surface area contributed by atoms with Crippen LogP contribution >= 0.6 is 0 Å². The molecule has 1 aromatic heterocycles. The standard InChI is InChI=1S/C23H25N5O3/c1-16-4-6-17(7-5-16)22-25-27-28(26-22)15-21(29)24-23(10-2-3-11-23)18-8-9-19-20(14-18)31-13-12-30-19/h4-9,14H,2-3,10-13,15H2,1H3,(H,24,29). The minimum absolute atomic E-state index is 0.0190. The van der Waals surface area contributed by atoms with E-state index in [1.54, 1.807) is 0 Å². The first-order valence-corrected chi connectivity index (χ1v) is 10.7. The van der Waals surface area contributed by atoms with Gasteiger partial charge < -0.3 is 14.8 Å². The molecule has 160 valence electrons. The highest BCUT2D eigenvalue weighted by Crippen LogP contribution is 2.42. The number of benzene rings is 2. The zero-order valence-corrected chi connectivity index (χ0v) is 17.5. The molecular formula is C23H25N5O3. The topological polar surface area (TPSA) is 91.2 Å². The maximum absolute atomic E-state index is 12.9. The lowest BCUT2D eigenvalue weighted by molar-refractivity contribution is -0.124. The second-order valence-corrected chi connectivity index (χ2v) is 8.21. The monoisotopic (exact) mass is 419 g/mol. The smallest absolute Gasteiger partial charge is 0.244 e. The van der Waals surface area contributed by atoms with Gasteiger partial charge in [-0.15, -0.1) is 10.2 Å². The number of hydrogen-bond acceptors (Lipinski definition) is 6. The molecule has 1 N–H and O–H groups in total. The highest BCUT2D eigenvalue weighted by Gasteiger charge is 2.38. The summed E-state index contributed by atoms with van der Waals surface area (Å²) in [6, 6.07) is 13.9. The Bertz CT molecular complexity index is 1090. The van der Waals surface area contributed by atoms with E-state index in [2.05, 4.69) is 20.7 Å². The second kappa shape index (κ2) is 8.02. The molecule has 1 aliphatic heterocycles.